The molecule has 8 aromatic rings. The molecule has 202 valence electrons. The predicted molar refractivity (Wildman–Crippen MR) is 177 cm³/mol. The number of rotatable bonds is 2. The van der Waals surface area contributed by atoms with Crippen LogP contribution in [0.25, 0.3) is 76.5 Å². The second-order valence-corrected chi connectivity index (χ2v) is 12.1. The Hall–Kier alpha value is -5.59. The number of para-hydroxylation sites is 2. The van der Waals surface area contributed by atoms with Gasteiger partial charge in [-0.3, -0.25) is 0 Å². The molecule has 3 heteroatoms. The monoisotopic (exact) mass is 550 g/mol. The Labute approximate surface area is 249 Å². The van der Waals surface area contributed by atoms with E-state index in [0.29, 0.717) is 5.69 Å². The highest BCUT2D eigenvalue weighted by molar-refractivity contribution is 6.11. The first kappa shape index (κ1) is 24.1. The molecule has 0 atom stereocenters. The van der Waals surface area contributed by atoms with Crippen LogP contribution < -0.4 is 0 Å². The van der Waals surface area contributed by atoms with E-state index >= 15 is 0 Å². The molecule has 0 amide bonds. The summed E-state index contributed by atoms with van der Waals surface area (Å²) in [6.07, 6.45) is 0. The minimum absolute atomic E-state index is 0.0817. The lowest BCUT2D eigenvalue weighted by Crippen LogP contribution is -2.14. The largest absolute Gasteiger partial charge is 0.456 e. The van der Waals surface area contributed by atoms with Gasteiger partial charge in [-0.15, -0.1) is 0 Å². The maximum atomic E-state index is 7.79. The maximum absolute atomic E-state index is 7.79. The second-order valence-electron chi connectivity index (χ2n) is 12.1. The van der Waals surface area contributed by atoms with E-state index in [1.54, 1.807) is 0 Å². The van der Waals surface area contributed by atoms with Gasteiger partial charge in [-0.1, -0.05) is 86.6 Å². The van der Waals surface area contributed by atoms with Crippen LogP contribution in [0.2, 0.25) is 0 Å². The standard InChI is InChI=1S/C40H26N2O/c1-40(2)33-13-7-4-10-26(33)30-22-32-31-20-24(16-19-38(31)43-39(32)23-34(30)40)29-21-25(41-3)17-18-37(29)42-35-14-8-5-11-27(35)28-12-6-9-15-36(28)42/h4-23H,1-2H3. The van der Waals surface area contributed by atoms with E-state index in [4.69, 9.17) is 11.0 Å². The summed E-state index contributed by atoms with van der Waals surface area (Å²) < 4.78 is 8.80. The van der Waals surface area contributed by atoms with E-state index in [1.165, 1.54) is 33.0 Å². The van der Waals surface area contributed by atoms with Crippen molar-refractivity contribution in [2.45, 2.75) is 19.3 Å². The molecule has 6 aromatic carbocycles. The van der Waals surface area contributed by atoms with Gasteiger partial charge in [-0.25, -0.2) is 4.85 Å². The SMILES string of the molecule is [C-]#[N+]c1ccc(-n2c3ccccc3c3ccccc32)c(-c2ccc3oc4cc5c(cc4c3c2)-c2ccccc2C5(C)C)c1. The van der Waals surface area contributed by atoms with Crippen LogP contribution in [0.3, 0.4) is 0 Å². The summed E-state index contributed by atoms with van der Waals surface area (Å²) in [6, 6.07) is 42.8. The predicted octanol–water partition coefficient (Wildman–Crippen LogP) is 11.2. The molecule has 1 aliphatic carbocycles. The Morgan fingerprint density at radius 1 is 0.581 bits per heavy atom. The average Bonchev–Trinajstić information content (AvgIpc) is 3.65. The van der Waals surface area contributed by atoms with Gasteiger partial charge in [-0.2, -0.15) is 0 Å². The average molecular weight is 551 g/mol. The van der Waals surface area contributed by atoms with Gasteiger partial charge in [0.2, 0.25) is 0 Å². The summed E-state index contributed by atoms with van der Waals surface area (Å²) in [6.45, 7) is 12.4. The van der Waals surface area contributed by atoms with Crippen LogP contribution in [-0.4, -0.2) is 4.57 Å². The van der Waals surface area contributed by atoms with Crippen LogP contribution in [0.5, 0.6) is 0 Å². The van der Waals surface area contributed by atoms with Crippen LogP contribution >= 0.6 is 0 Å². The lowest BCUT2D eigenvalue weighted by molar-refractivity contribution is 0.647. The molecule has 9 rings (SSSR count). The first-order valence-electron chi connectivity index (χ1n) is 14.6. The first-order chi connectivity index (χ1) is 21.0. The number of fused-ring (bicyclic) bond motifs is 9. The normalized spacial score (nSPS) is 13.5. The van der Waals surface area contributed by atoms with Crippen molar-refractivity contribution in [1.82, 2.24) is 4.57 Å². The highest BCUT2D eigenvalue weighted by atomic mass is 16.3. The lowest BCUT2D eigenvalue weighted by atomic mass is 9.82. The van der Waals surface area contributed by atoms with Crippen molar-refractivity contribution in [3.05, 3.63) is 144 Å². The van der Waals surface area contributed by atoms with E-state index in [-0.39, 0.29) is 5.41 Å². The molecular weight excluding hydrogens is 524 g/mol. The third-order valence-electron chi connectivity index (χ3n) is 9.41. The summed E-state index contributed by atoms with van der Waals surface area (Å²) in [5.41, 5.74) is 13.0. The molecule has 0 saturated carbocycles. The van der Waals surface area contributed by atoms with Gasteiger partial charge in [0.1, 0.15) is 11.2 Å². The van der Waals surface area contributed by atoms with Crippen molar-refractivity contribution in [1.29, 1.82) is 0 Å². The van der Waals surface area contributed by atoms with E-state index in [9.17, 15) is 0 Å². The van der Waals surface area contributed by atoms with Crippen molar-refractivity contribution in [3.8, 4) is 27.9 Å². The Bertz CT molecular complexity index is 2450. The van der Waals surface area contributed by atoms with Gasteiger partial charge in [0, 0.05) is 27.0 Å². The molecule has 0 N–H and O–H groups in total. The quantitative estimate of drug-likeness (QED) is 0.196. The first-order valence-corrected chi connectivity index (χ1v) is 14.6. The fourth-order valence-electron chi connectivity index (χ4n) is 7.34. The highest BCUT2D eigenvalue weighted by Gasteiger charge is 2.36. The lowest BCUT2D eigenvalue weighted by Gasteiger charge is -2.21. The molecule has 0 aliphatic heterocycles. The van der Waals surface area contributed by atoms with Crippen molar-refractivity contribution in [3.63, 3.8) is 0 Å². The van der Waals surface area contributed by atoms with E-state index in [2.05, 4.69) is 132 Å². The molecule has 1 aliphatic rings. The van der Waals surface area contributed by atoms with Crippen molar-refractivity contribution in [2.24, 2.45) is 0 Å². The molecule has 3 nitrogen and oxygen atoms in total. The molecule has 0 bridgehead atoms. The van der Waals surface area contributed by atoms with Crippen LogP contribution in [0.1, 0.15) is 25.0 Å². The zero-order valence-electron chi connectivity index (χ0n) is 23.8. The van der Waals surface area contributed by atoms with Gasteiger partial charge in [0.25, 0.3) is 0 Å². The highest BCUT2D eigenvalue weighted by Crippen LogP contribution is 2.51. The summed E-state index contributed by atoms with van der Waals surface area (Å²) in [5.74, 6) is 0. The summed E-state index contributed by atoms with van der Waals surface area (Å²) in [7, 11) is 0. The molecule has 0 saturated heterocycles. The van der Waals surface area contributed by atoms with E-state index in [0.717, 1.165) is 49.8 Å². The summed E-state index contributed by atoms with van der Waals surface area (Å²) in [4.78, 5) is 3.80. The molecule has 0 spiro atoms. The van der Waals surface area contributed by atoms with Crippen molar-refractivity contribution < 1.29 is 4.42 Å². The smallest absolute Gasteiger partial charge is 0.188 e. The molecule has 0 unspecified atom stereocenters. The molecule has 2 heterocycles. The Morgan fingerprint density at radius 2 is 1.28 bits per heavy atom. The Balaban J connectivity index is 1.31. The molecule has 0 radical (unpaired) electrons. The van der Waals surface area contributed by atoms with Crippen LogP contribution in [0.15, 0.2) is 126 Å². The fraction of sp³-hybridized carbons (Fsp3) is 0.0750. The van der Waals surface area contributed by atoms with E-state index < -0.39 is 0 Å². The maximum Gasteiger partial charge on any atom is 0.188 e. The third-order valence-corrected chi connectivity index (χ3v) is 9.41. The minimum atomic E-state index is -0.0817. The van der Waals surface area contributed by atoms with Crippen LogP contribution in [0.4, 0.5) is 5.69 Å². The topological polar surface area (TPSA) is 22.4 Å². The number of nitrogens with zero attached hydrogens (tertiary/aromatic N) is 2. The summed E-state index contributed by atoms with van der Waals surface area (Å²) in [5, 5.41) is 4.63. The van der Waals surface area contributed by atoms with Gasteiger partial charge in [-0.05, 0) is 81.9 Å². The Kier molecular flexibility index (Phi) is 4.74. The molecule has 0 fully saturated rings. The van der Waals surface area contributed by atoms with Gasteiger partial charge < -0.3 is 8.98 Å². The second kappa shape index (κ2) is 8.47. The molecular formula is C40H26N2O. The number of aromatic nitrogens is 1. The zero-order valence-corrected chi connectivity index (χ0v) is 23.8. The number of benzene rings is 6. The Morgan fingerprint density at radius 3 is 2.05 bits per heavy atom. The molecule has 43 heavy (non-hydrogen) atoms. The van der Waals surface area contributed by atoms with Gasteiger partial charge in [0.05, 0.1) is 23.3 Å². The zero-order chi connectivity index (χ0) is 28.9. The summed E-state index contributed by atoms with van der Waals surface area (Å²) >= 11 is 0. The molecule has 2 aromatic heterocycles. The van der Waals surface area contributed by atoms with Gasteiger partial charge >= 0.3 is 0 Å². The third kappa shape index (κ3) is 3.24. The van der Waals surface area contributed by atoms with Gasteiger partial charge in [0.15, 0.2) is 5.69 Å². The minimum Gasteiger partial charge on any atom is -0.456 e. The number of hydrogen-bond donors (Lipinski definition) is 0. The fourth-order valence-corrected chi connectivity index (χ4v) is 7.34. The number of hydrogen-bond acceptors (Lipinski definition) is 1. The van der Waals surface area contributed by atoms with E-state index in [1.807, 2.05) is 12.1 Å². The number of furan rings is 1. The van der Waals surface area contributed by atoms with Crippen LogP contribution in [0, 0.1) is 6.57 Å². The van der Waals surface area contributed by atoms with Crippen molar-refractivity contribution >= 4 is 49.4 Å². The van der Waals surface area contributed by atoms with Crippen molar-refractivity contribution in [2.75, 3.05) is 0 Å². The van der Waals surface area contributed by atoms with Crippen LogP contribution in [-0.2, 0) is 5.41 Å².